The molecule has 2 aromatic carbocycles. The Kier molecular flexibility index (Phi) is 5.36. The van der Waals surface area contributed by atoms with Crippen molar-refractivity contribution in [3.8, 4) is 0 Å². The van der Waals surface area contributed by atoms with Crippen LogP contribution in [-0.4, -0.2) is 32.8 Å². The van der Waals surface area contributed by atoms with E-state index in [0.29, 0.717) is 13.0 Å². The number of para-hydroxylation sites is 1. The summed E-state index contributed by atoms with van der Waals surface area (Å²) >= 11 is 0. The molecule has 2 aromatic rings. The number of amides is 2. The van der Waals surface area contributed by atoms with Crippen LogP contribution in [0.5, 0.6) is 0 Å². The Bertz CT molecular complexity index is 976. The third-order valence-electron chi connectivity index (χ3n) is 4.30. The average Bonchev–Trinajstić information content (AvgIpc) is 2.89. The fraction of sp³-hybridized carbons (Fsp3) is 0.222. The van der Waals surface area contributed by atoms with Crippen molar-refractivity contribution in [3.63, 3.8) is 0 Å². The number of carbonyl (C=O) groups is 2. The zero-order valence-electron chi connectivity index (χ0n) is 14.3. The number of nitrogens with one attached hydrogen (secondary N) is 1. The molecule has 1 aliphatic heterocycles. The summed E-state index contributed by atoms with van der Waals surface area (Å²) in [4.78, 5) is 25.5. The van der Waals surface area contributed by atoms with Gasteiger partial charge in [-0.25, -0.2) is 22.8 Å². The summed E-state index contributed by atoms with van der Waals surface area (Å²) in [5.41, 5.74) is 0.799. The lowest BCUT2D eigenvalue weighted by atomic mass is 10.1. The van der Waals surface area contributed by atoms with Crippen molar-refractivity contribution < 1.29 is 22.4 Å². The number of rotatable bonds is 6. The quantitative estimate of drug-likeness (QED) is 0.712. The molecule has 3 rings (SSSR count). The van der Waals surface area contributed by atoms with Gasteiger partial charge in [-0.2, -0.15) is 0 Å². The summed E-state index contributed by atoms with van der Waals surface area (Å²) in [6.45, 7) is 0.392. The van der Waals surface area contributed by atoms with Crippen LogP contribution in [0.15, 0.2) is 53.4 Å². The Morgan fingerprint density at radius 2 is 1.78 bits per heavy atom. The smallest absolute Gasteiger partial charge is 0.251 e. The molecular formula is C18H18FN3O4S. The maximum Gasteiger partial charge on any atom is 0.251 e. The van der Waals surface area contributed by atoms with Crippen molar-refractivity contribution in [2.45, 2.75) is 23.8 Å². The van der Waals surface area contributed by atoms with Crippen LogP contribution in [0.3, 0.4) is 0 Å². The normalized spacial score (nSPS) is 17.6. The number of sulfonamides is 1. The van der Waals surface area contributed by atoms with Crippen LogP contribution in [0.4, 0.5) is 10.1 Å². The number of nitrogens with zero attached hydrogens (tertiary/aromatic N) is 1. The van der Waals surface area contributed by atoms with E-state index in [0.717, 1.165) is 10.5 Å². The SMILES string of the molecule is NS(=O)(=O)c1ccc(CCN[C@@H]2CC(=O)N(c3ccccc3F)C2=O)cc1. The van der Waals surface area contributed by atoms with Crippen molar-refractivity contribution in [2.75, 3.05) is 11.4 Å². The lowest BCUT2D eigenvalue weighted by Crippen LogP contribution is -2.39. The molecule has 0 saturated carbocycles. The first-order valence-electron chi connectivity index (χ1n) is 8.24. The number of halogens is 1. The molecule has 1 saturated heterocycles. The van der Waals surface area contributed by atoms with Gasteiger partial charge in [0.05, 0.1) is 23.0 Å². The highest BCUT2D eigenvalue weighted by Crippen LogP contribution is 2.25. The molecule has 1 heterocycles. The molecule has 9 heteroatoms. The Balaban J connectivity index is 1.60. The van der Waals surface area contributed by atoms with E-state index in [4.69, 9.17) is 5.14 Å². The van der Waals surface area contributed by atoms with Crippen LogP contribution in [0.1, 0.15) is 12.0 Å². The Morgan fingerprint density at radius 1 is 1.11 bits per heavy atom. The van der Waals surface area contributed by atoms with Crippen molar-refractivity contribution in [1.29, 1.82) is 0 Å². The summed E-state index contributed by atoms with van der Waals surface area (Å²) in [7, 11) is -3.74. The molecule has 2 amide bonds. The number of benzene rings is 2. The van der Waals surface area contributed by atoms with Gasteiger partial charge in [-0.05, 0) is 42.8 Å². The number of hydrogen-bond donors (Lipinski definition) is 2. The molecule has 27 heavy (non-hydrogen) atoms. The number of carbonyl (C=O) groups excluding carboxylic acids is 2. The highest BCUT2D eigenvalue weighted by Gasteiger charge is 2.40. The van der Waals surface area contributed by atoms with Gasteiger partial charge in [-0.15, -0.1) is 0 Å². The standard InChI is InChI=1S/C18H18FN3O4S/c19-14-3-1-2-4-16(14)22-17(23)11-15(18(22)24)21-10-9-12-5-7-13(8-6-12)27(20,25)26/h1-8,15,21H,9-11H2,(H2,20,25,26)/t15-/m1/s1. The fourth-order valence-corrected chi connectivity index (χ4v) is 3.43. The van der Waals surface area contributed by atoms with Gasteiger partial charge in [0, 0.05) is 0 Å². The minimum Gasteiger partial charge on any atom is -0.305 e. The van der Waals surface area contributed by atoms with E-state index in [-0.39, 0.29) is 17.0 Å². The van der Waals surface area contributed by atoms with Gasteiger partial charge in [-0.1, -0.05) is 24.3 Å². The molecule has 7 nitrogen and oxygen atoms in total. The van der Waals surface area contributed by atoms with Gasteiger partial charge in [0.2, 0.25) is 15.9 Å². The summed E-state index contributed by atoms with van der Waals surface area (Å²) in [5, 5.41) is 8.05. The van der Waals surface area contributed by atoms with E-state index in [1.54, 1.807) is 18.2 Å². The van der Waals surface area contributed by atoms with Crippen LogP contribution in [0.25, 0.3) is 0 Å². The second kappa shape index (κ2) is 7.55. The molecule has 3 N–H and O–H groups in total. The van der Waals surface area contributed by atoms with Gasteiger partial charge >= 0.3 is 0 Å². The molecule has 0 aliphatic carbocycles. The molecule has 0 bridgehead atoms. The Hall–Kier alpha value is -2.62. The van der Waals surface area contributed by atoms with Crippen LogP contribution in [-0.2, 0) is 26.0 Å². The lowest BCUT2D eigenvalue weighted by molar-refractivity contribution is -0.121. The molecule has 0 radical (unpaired) electrons. The van der Waals surface area contributed by atoms with Crippen molar-refractivity contribution >= 4 is 27.5 Å². The topological polar surface area (TPSA) is 110 Å². The summed E-state index contributed by atoms with van der Waals surface area (Å²) in [5.74, 6) is -1.58. The van der Waals surface area contributed by atoms with Gasteiger partial charge < -0.3 is 5.32 Å². The first-order valence-corrected chi connectivity index (χ1v) is 9.78. The van der Waals surface area contributed by atoms with E-state index in [1.165, 1.54) is 30.3 Å². The predicted molar refractivity (Wildman–Crippen MR) is 96.8 cm³/mol. The second-order valence-electron chi connectivity index (χ2n) is 6.17. The molecule has 1 aliphatic rings. The number of imide groups is 1. The molecule has 1 fully saturated rings. The fourth-order valence-electron chi connectivity index (χ4n) is 2.91. The largest absolute Gasteiger partial charge is 0.305 e. The maximum absolute atomic E-state index is 13.9. The van der Waals surface area contributed by atoms with E-state index >= 15 is 0 Å². The highest BCUT2D eigenvalue weighted by atomic mass is 32.2. The molecule has 0 unspecified atom stereocenters. The number of anilines is 1. The van der Waals surface area contributed by atoms with E-state index in [9.17, 15) is 22.4 Å². The summed E-state index contributed by atoms with van der Waals surface area (Å²) < 4.78 is 36.4. The van der Waals surface area contributed by atoms with Gasteiger partial charge in [-0.3, -0.25) is 9.59 Å². The monoisotopic (exact) mass is 391 g/mol. The van der Waals surface area contributed by atoms with Crippen molar-refractivity contribution in [1.82, 2.24) is 5.32 Å². The highest BCUT2D eigenvalue weighted by molar-refractivity contribution is 7.89. The van der Waals surface area contributed by atoms with Crippen molar-refractivity contribution in [3.05, 3.63) is 59.9 Å². The third kappa shape index (κ3) is 4.21. The zero-order valence-corrected chi connectivity index (χ0v) is 15.1. The Morgan fingerprint density at radius 3 is 2.41 bits per heavy atom. The first kappa shape index (κ1) is 19.2. The maximum atomic E-state index is 13.9. The average molecular weight is 391 g/mol. The molecule has 142 valence electrons. The first-order chi connectivity index (χ1) is 12.8. The molecule has 0 aromatic heterocycles. The molecule has 1 atom stereocenters. The predicted octanol–water partition coefficient (Wildman–Crippen LogP) is 0.937. The minimum absolute atomic E-state index is 0.0244. The number of nitrogens with two attached hydrogens (primary N) is 1. The summed E-state index contributed by atoms with van der Waals surface area (Å²) in [6.07, 6.45) is 0.472. The van der Waals surface area contributed by atoms with Crippen molar-refractivity contribution in [2.24, 2.45) is 5.14 Å². The summed E-state index contributed by atoms with van der Waals surface area (Å²) in [6, 6.07) is 11.0. The third-order valence-corrected chi connectivity index (χ3v) is 5.23. The number of hydrogen-bond acceptors (Lipinski definition) is 5. The van der Waals surface area contributed by atoms with Crippen LogP contribution >= 0.6 is 0 Å². The Labute approximate surface area is 156 Å². The van der Waals surface area contributed by atoms with Crippen LogP contribution in [0, 0.1) is 5.82 Å². The number of primary sulfonamides is 1. The van der Waals surface area contributed by atoms with Gasteiger partial charge in [0.15, 0.2) is 0 Å². The van der Waals surface area contributed by atoms with Gasteiger partial charge in [0.1, 0.15) is 5.82 Å². The lowest BCUT2D eigenvalue weighted by Gasteiger charge is -2.16. The second-order valence-corrected chi connectivity index (χ2v) is 7.73. The van der Waals surface area contributed by atoms with E-state index in [2.05, 4.69) is 5.32 Å². The molecular weight excluding hydrogens is 373 g/mol. The van der Waals surface area contributed by atoms with Crippen LogP contribution in [0.2, 0.25) is 0 Å². The zero-order chi connectivity index (χ0) is 19.6. The minimum atomic E-state index is -3.74. The van der Waals surface area contributed by atoms with Crippen LogP contribution < -0.4 is 15.4 Å². The van der Waals surface area contributed by atoms with E-state index < -0.39 is 33.7 Å². The van der Waals surface area contributed by atoms with E-state index in [1.807, 2.05) is 0 Å². The molecule has 0 spiro atoms. The van der Waals surface area contributed by atoms with Gasteiger partial charge in [0.25, 0.3) is 5.91 Å².